The summed E-state index contributed by atoms with van der Waals surface area (Å²) < 4.78 is 37.9. The van der Waals surface area contributed by atoms with Crippen molar-refractivity contribution in [1.82, 2.24) is 5.32 Å². The maximum Gasteiger partial charge on any atom is 0.391 e. The van der Waals surface area contributed by atoms with Crippen molar-refractivity contribution in [2.75, 3.05) is 6.54 Å². The molecule has 2 N–H and O–H groups in total. The topological polar surface area (TPSA) is 32.3 Å². The molecule has 0 radical (unpaired) electrons. The van der Waals surface area contributed by atoms with Crippen LogP contribution in [-0.4, -0.2) is 29.5 Å². The average molecular weight is 237 g/mol. The van der Waals surface area contributed by atoms with Gasteiger partial charge in [-0.05, 0) is 45.1 Å². The molecule has 1 saturated carbocycles. The molecule has 2 aliphatic rings. The fourth-order valence-corrected chi connectivity index (χ4v) is 3.02. The van der Waals surface area contributed by atoms with E-state index in [1.165, 1.54) is 0 Å². The first-order chi connectivity index (χ1) is 7.42. The van der Waals surface area contributed by atoms with Gasteiger partial charge in [0.2, 0.25) is 0 Å². The van der Waals surface area contributed by atoms with Gasteiger partial charge in [-0.15, -0.1) is 0 Å². The van der Waals surface area contributed by atoms with Crippen LogP contribution < -0.4 is 5.32 Å². The summed E-state index contributed by atoms with van der Waals surface area (Å²) in [5, 5.41) is 13.5. The number of hydrogen-bond donors (Lipinski definition) is 2. The highest BCUT2D eigenvalue weighted by Gasteiger charge is 2.50. The van der Waals surface area contributed by atoms with Crippen molar-refractivity contribution in [3.63, 3.8) is 0 Å². The normalized spacial score (nSPS) is 41.2. The molecule has 0 spiro atoms. The van der Waals surface area contributed by atoms with Crippen LogP contribution in [0.25, 0.3) is 0 Å². The van der Waals surface area contributed by atoms with Crippen molar-refractivity contribution in [3.05, 3.63) is 0 Å². The van der Waals surface area contributed by atoms with Crippen molar-refractivity contribution < 1.29 is 18.3 Å². The van der Waals surface area contributed by atoms with Crippen LogP contribution in [-0.2, 0) is 0 Å². The largest absolute Gasteiger partial charge is 0.391 e. The lowest BCUT2D eigenvalue weighted by molar-refractivity contribution is -0.203. The van der Waals surface area contributed by atoms with Gasteiger partial charge in [-0.25, -0.2) is 0 Å². The molecular weight excluding hydrogens is 219 g/mol. The maximum atomic E-state index is 12.6. The van der Waals surface area contributed by atoms with Gasteiger partial charge >= 0.3 is 6.18 Å². The SMILES string of the molecule is OC1(C2CCCN2)CCCC(C(F)(F)F)C1. The molecular formula is C11H18F3NO. The molecule has 0 aromatic carbocycles. The third-order valence-electron chi connectivity index (χ3n) is 3.93. The minimum absolute atomic E-state index is 0.131. The quantitative estimate of drug-likeness (QED) is 0.733. The zero-order valence-electron chi connectivity index (χ0n) is 9.19. The number of alkyl halides is 3. The molecule has 1 saturated heterocycles. The number of halogens is 3. The standard InChI is InChI=1S/C11H18F3NO/c12-11(13,14)8-3-1-5-10(16,7-8)9-4-2-6-15-9/h8-9,15-16H,1-7H2. The van der Waals surface area contributed by atoms with Gasteiger partial charge in [-0.2, -0.15) is 13.2 Å². The molecule has 0 amide bonds. The van der Waals surface area contributed by atoms with E-state index in [9.17, 15) is 18.3 Å². The molecule has 94 valence electrons. The Labute approximate surface area is 93.2 Å². The van der Waals surface area contributed by atoms with E-state index < -0.39 is 17.7 Å². The molecule has 5 heteroatoms. The van der Waals surface area contributed by atoms with E-state index in [4.69, 9.17) is 0 Å². The van der Waals surface area contributed by atoms with Crippen LogP contribution in [0.3, 0.4) is 0 Å². The number of aliphatic hydroxyl groups is 1. The summed E-state index contributed by atoms with van der Waals surface area (Å²) in [5.41, 5.74) is -1.14. The van der Waals surface area contributed by atoms with Crippen LogP contribution in [0, 0.1) is 5.92 Å². The number of nitrogens with one attached hydrogen (secondary N) is 1. The summed E-state index contributed by atoms with van der Waals surface area (Å²) in [7, 11) is 0. The zero-order chi connectivity index (χ0) is 11.8. The molecule has 1 heterocycles. The van der Waals surface area contributed by atoms with E-state index in [1.54, 1.807) is 0 Å². The van der Waals surface area contributed by atoms with E-state index in [1.807, 2.05) is 0 Å². The first-order valence-electron chi connectivity index (χ1n) is 5.94. The highest BCUT2D eigenvalue weighted by Crippen LogP contribution is 2.44. The van der Waals surface area contributed by atoms with E-state index in [0.29, 0.717) is 12.8 Å². The molecule has 1 aliphatic carbocycles. The molecule has 2 fully saturated rings. The monoisotopic (exact) mass is 237 g/mol. The molecule has 0 bridgehead atoms. The summed E-state index contributed by atoms with van der Waals surface area (Å²) in [6, 6.07) is -0.141. The summed E-state index contributed by atoms with van der Waals surface area (Å²) in [6.07, 6.45) is -1.42. The van der Waals surface area contributed by atoms with Gasteiger partial charge in [0.1, 0.15) is 0 Å². The number of rotatable bonds is 1. The lowest BCUT2D eigenvalue weighted by Crippen LogP contribution is -2.52. The van der Waals surface area contributed by atoms with E-state index in [-0.39, 0.29) is 18.9 Å². The van der Waals surface area contributed by atoms with Crippen LogP contribution in [0.1, 0.15) is 38.5 Å². The minimum atomic E-state index is -4.16. The van der Waals surface area contributed by atoms with Crippen LogP contribution in [0.2, 0.25) is 0 Å². The second kappa shape index (κ2) is 4.18. The van der Waals surface area contributed by atoms with Crippen molar-refractivity contribution in [2.24, 2.45) is 5.92 Å². The van der Waals surface area contributed by atoms with E-state index >= 15 is 0 Å². The van der Waals surface area contributed by atoms with Crippen LogP contribution in [0.4, 0.5) is 13.2 Å². The van der Waals surface area contributed by atoms with Gasteiger partial charge in [0.25, 0.3) is 0 Å². The predicted octanol–water partition coefficient (Wildman–Crippen LogP) is 2.22. The third kappa shape index (κ3) is 2.35. The molecule has 0 aromatic rings. The van der Waals surface area contributed by atoms with Gasteiger partial charge in [0.05, 0.1) is 11.5 Å². The average Bonchev–Trinajstić information content (AvgIpc) is 2.69. The Hall–Kier alpha value is -0.290. The van der Waals surface area contributed by atoms with Gasteiger partial charge in [-0.3, -0.25) is 0 Å². The molecule has 3 atom stereocenters. The Morgan fingerprint density at radius 1 is 1.19 bits per heavy atom. The van der Waals surface area contributed by atoms with Crippen LogP contribution in [0.15, 0.2) is 0 Å². The van der Waals surface area contributed by atoms with Gasteiger partial charge < -0.3 is 10.4 Å². The van der Waals surface area contributed by atoms with Crippen LogP contribution >= 0.6 is 0 Å². The van der Waals surface area contributed by atoms with E-state index in [0.717, 1.165) is 19.4 Å². The summed E-state index contributed by atoms with van der Waals surface area (Å²) in [5.74, 6) is -1.33. The van der Waals surface area contributed by atoms with Crippen molar-refractivity contribution in [1.29, 1.82) is 0 Å². The van der Waals surface area contributed by atoms with Gasteiger partial charge in [0.15, 0.2) is 0 Å². The van der Waals surface area contributed by atoms with E-state index in [2.05, 4.69) is 5.32 Å². The predicted molar refractivity (Wildman–Crippen MR) is 54.0 cm³/mol. The Kier molecular flexibility index (Phi) is 3.18. The highest BCUT2D eigenvalue weighted by molar-refractivity contribution is 4.99. The Morgan fingerprint density at radius 3 is 2.50 bits per heavy atom. The molecule has 3 unspecified atom stereocenters. The lowest BCUT2D eigenvalue weighted by atomic mass is 9.73. The van der Waals surface area contributed by atoms with Gasteiger partial charge in [-0.1, -0.05) is 0 Å². The van der Waals surface area contributed by atoms with Crippen molar-refractivity contribution >= 4 is 0 Å². The Balaban J connectivity index is 2.04. The molecule has 1 aliphatic heterocycles. The lowest BCUT2D eigenvalue weighted by Gasteiger charge is -2.41. The minimum Gasteiger partial charge on any atom is -0.388 e. The molecule has 2 nitrogen and oxygen atoms in total. The highest BCUT2D eigenvalue weighted by atomic mass is 19.4. The van der Waals surface area contributed by atoms with Crippen molar-refractivity contribution in [3.8, 4) is 0 Å². The van der Waals surface area contributed by atoms with Gasteiger partial charge in [0, 0.05) is 6.04 Å². The first-order valence-corrected chi connectivity index (χ1v) is 5.94. The van der Waals surface area contributed by atoms with Crippen LogP contribution in [0.5, 0.6) is 0 Å². The summed E-state index contributed by atoms with van der Waals surface area (Å²) in [4.78, 5) is 0. The smallest absolute Gasteiger partial charge is 0.388 e. The molecule has 16 heavy (non-hydrogen) atoms. The third-order valence-corrected chi connectivity index (χ3v) is 3.93. The summed E-state index contributed by atoms with van der Waals surface area (Å²) in [6.45, 7) is 0.809. The first kappa shape index (κ1) is 12.2. The second-order valence-electron chi connectivity index (χ2n) is 5.09. The molecule has 0 aromatic heterocycles. The zero-order valence-corrected chi connectivity index (χ0v) is 9.19. The Bertz CT molecular complexity index is 250. The van der Waals surface area contributed by atoms with Crippen molar-refractivity contribution in [2.45, 2.75) is 56.3 Å². The fraction of sp³-hybridized carbons (Fsp3) is 1.00. The second-order valence-corrected chi connectivity index (χ2v) is 5.09. The molecule has 2 rings (SSSR count). The maximum absolute atomic E-state index is 12.6. The number of hydrogen-bond acceptors (Lipinski definition) is 2. The summed E-state index contributed by atoms with van der Waals surface area (Å²) >= 11 is 0. The Morgan fingerprint density at radius 2 is 1.94 bits per heavy atom. The fourth-order valence-electron chi connectivity index (χ4n) is 3.02.